The van der Waals surface area contributed by atoms with Crippen molar-refractivity contribution in [3.8, 4) is 11.5 Å². The summed E-state index contributed by atoms with van der Waals surface area (Å²) in [6.45, 7) is 0. The number of aromatic nitrogens is 1. The van der Waals surface area contributed by atoms with Crippen LogP contribution in [0.1, 0.15) is 10.4 Å². The van der Waals surface area contributed by atoms with Gasteiger partial charge in [0.25, 0.3) is 5.91 Å². The van der Waals surface area contributed by atoms with E-state index in [0.29, 0.717) is 22.0 Å². The number of nitrogens with two attached hydrogens (primary N) is 1. The van der Waals surface area contributed by atoms with Crippen molar-refractivity contribution >= 4 is 40.4 Å². The molecule has 4 rings (SSSR count). The monoisotopic (exact) mass is 403 g/mol. The number of anilines is 1. The van der Waals surface area contributed by atoms with Crippen LogP contribution < -0.4 is 11.1 Å². The molecule has 0 fully saturated rings. The molecule has 4 aromatic rings. The lowest BCUT2D eigenvalue weighted by Gasteiger charge is -2.09. The Balaban J connectivity index is 1.50. The predicted molar refractivity (Wildman–Crippen MR) is 114 cm³/mol. The molecule has 0 spiro atoms. The zero-order valence-electron chi connectivity index (χ0n) is 15.3. The van der Waals surface area contributed by atoms with Gasteiger partial charge >= 0.3 is 0 Å². The SMILES string of the molecule is NC(=O)CSc1ccccc1C(=O)Nc1ccc(-c2nc3ccccc3o2)cc1. The van der Waals surface area contributed by atoms with Gasteiger partial charge in [0, 0.05) is 16.1 Å². The number of benzene rings is 3. The molecular formula is C22H17N3O3S. The molecule has 1 aromatic heterocycles. The van der Waals surface area contributed by atoms with Gasteiger partial charge in [0.1, 0.15) is 5.52 Å². The van der Waals surface area contributed by atoms with Gasteiger partial charge in [0.15, 0.2) is 5.58 Å². The van der Waals surface area contributed by atoms with Crippen molar-refractivity contribution in [3.05, 3.63) is 78.4 Å². The van der Waals surface area contributed by atoms with Gasteiger partial charge in [-0.05, 0) is 48.5 Å². The molecule has 3 aromatic carbocycles. The minimum absolute atomic E-state index is 0.115. The fourth-order valence-corrected chi connectivity index (χ4v) is 3.61. The molecule has 0 atom stereocenters. The normalized spacial score (nSPS) is 10.8. The molecule has 0 unspecified atom stereocenters. The van der Waals surface area contributed by atoms with Crippen LogP contribution in [0.4, 0.5) is 5.69 Å². The fraction of sp³-hybridized carbons (Fsp3) is 0.0455. The summed E-state index contributed by atoms with van der Waals surface area (Å²) >= 11 is 1.24. The van der Waals surface area contributed by atoms with Gasteiger partial charge in [-0.15, -0.1) is 11.8 Å². The smallest absolute Gasteiger partial charge is 0.256 e. The summed E-state index contributed by atoms with van der Waals surface area (Å²) in [7, 11) is 0. The first-order valence-electron chi connectivity index (χ1n) is 8.87. The molecule has 1 heterocycles. The Bertz CT molecular complexity index is 1150. The van der Waals surface area contributed by atoms with Gasteiger partial charge in [-0.1, -0.05) is 24.3 Å². The van der Waals surface area contributed by atoms with Crippen molar-refractivity contribution in [2.24, 2.45) is 5.73 Å². The van der Waals surface area contributed by atoms with Crippen LogP contribution in [0.3, 0.4) is 0 Å². The highest BCUT2D eigenvalue weighted by atomic mass is 32.2. The number of amides is 2. The minimum atomic E-state index is -0.431. The van der Waals surface area contributed by atoms with Crippen LogP contribution in [-0.2, 0) is 4.79 Å². The van der Waals surface area contributed by atoms with E-state index in [1.54, 1.807) is 30.3 Å². The molecule has 7 heteroatoms. The van der Waals surface area contributed by atoms with Crippen molar-refractivity contribution in [1.82, 2.24) is 4.98 Å². The van der Waals surface area contributed by atoms with Gasteiger partial charge in [-0.3, -0.25) is 9.59 Å². The van der Waals surface area contributed by atoms with E-state index >= 15 is 0 Å². The zero-order chi connectivity index (χ0) is 20.2. The van der Waals surface area contributed by atoms with Crippen molar-refractivity contribution in [2.45, 2.75) is 4.90 Å². The summed E-state index contributed by atoms with van der Waals surface area (Å²) in [5, 5.41) is 2.87. The molecule has 6 nitrogen and oxygen atoms in total. The van der Waals surface area contributed by atoms with E-state index in [9.17, 15) is 9.59 Å². The maximum Gasteiger partial charge on any atom is 0.256 e. The molecule has 0 aliphatic heterocycles. The Morgan fingerprint density at radius 3 is 2.45 bits per heavy atom. The topological polar surface area (TPSA) is 98.2 Å². The number of hydrogen-bond donors (Lipinski definition) is 2. The quantitative estimate of drug-likeness (QED) is 0.467. The average Bonchev–Trinajstić information content (AvgIpc) is 3.17. The number of para-hydroxylation sites is 2. The molecule has 2 amide bonds. The molecule has 29 heavy (non-hydrogen) atoms. The number of carbonyl (C=O) groups is 2. The zero-order valence-corrected chi connectivity index (χ0v) is 16.1. The predicted octanol–water partition coefficient (Wildman–Crippen LogP) is 4.32. The maximum atomic E-state index is 12.7. The van der Waals surface area contributed by atoms with Gasteiger partial charge < -0.3 is 15.5 Å². The van der Waals surface area contributed by atoms with Crippen LogP contribution in [0.15, 0.2) is 82.1 Å². The highest BCUT2D eigenvalue weighted by Crippen LogP contribution is 2.26. The number of carbonyl (C=O) groups excluding carboxylic acids is 2. The molecule has 3 N–H and O–H groups in total. The van der Waals surface area contributed by atoms with E-state index in [4.69, 9.17) is 10.2 Å². The third kappa shape index (κ3) is 4.30. The second-order valence-electron chi connectivity index (χ2n) is 6.27. The van der Waals surface area contributed by atoms with E-state index in [0.717, 1.165) is 16.7 Å². The Morgan fingerprint density at radius 2 is 1.69 bits per heavy atom. The molecular weight excluding hydrogens is 386 g/mol. The fourth-order valence-electron chi connectivity index (χ4n) is 2.82. The number of nitrogens with zero attached hydrogens (tertiary/aromatic N) is 1. The summed E-state index contributed by atoms with van der Waals surface area (Å²) in [4.78, 5) is 28.9. The molecule has 0 aliphatic rings. The number of hydrogen-bond acceptors (Lipinski definition) is 5. The summed E-state index contributed by atoms with van der Waals surface area (Å²) in [6.07, 6.45) is 0. The summed E-state index contributed by atoms with van der Waals surface area (Å²) < 4.78 is 5.77. The average molecular weight is 403 g/mol. The molecule has 0 radical (unpaired) electrons. The molecule has 0 aliphatic carbocycles. The second-order valence-corrected chi connectivity index (χ2v) is 7.29. The van der Waals surface area contributed by atoms with Crippen LogP contribution in [-0.4, -0.2) is 22.6 Å². The first-order chi connectivity index (χ1) is 14.1. The van der Waals surface area contributed by atoms with Crippen molar-refractivity contribution in [1.29, 1.82) is 0 Å². The van der Waals surface area contributed by atoms with Crippen LogP contribution in [0.5, 0.6) is 0 Å². The highest BCUT2D eigenvalue weighted by Gasteiger charge is 2.13. The number of rotatable bonds is 6. The standard InChI is InChI=1S/C22H17N3O3S/c23-20(26)13-29-19-8-4-1-5-16(19)21(27)24-15-11-9-14(10-12-15)22-25-17-6-2-3-7-18(17)28-22/h1-12H,13H2,(H2,23,26)(H,24,27). The lowest BCUT2D eigenvalue weighted by molar-refractivity contribution is -0.115. The Hall–Kier alpha value is -3.58. The largest absolute Gasteiger partial charge is 0.436 e. The van der Waals surface area contributed by atoms with Gasteiger partial charge in [0.2, 0.25) is 11.8 Å². The Labute approximate surface area is 171 Å². The highest BCUT2D eigenvalue weighted by molar-refractivity contribution is 8.00. The lowest BCUT2D eigenvalue weighted by atomic mass is 10.2. The van der Waals surface area contributed by atoms with Crippen LogP contribution >= 0.6 is 11.8 Å². The van der Waals surface area contributed by atoms with Crippen LogP contribution in [0, 0.1) is 0 Å². The third-order valence-electron chi connectivity index (χ3n) is 4.19. The number of oxazole rings is 1. The molecule has 0 bridgehead atoms. The summed E-state index contributed by atoms with van der Waals surface area (Å²) in [5.74, 6) is -0.0480. The van der Waals surface area contributed by atoms with Crippen molar-refractivity contribution < 1.29 is 14.0 Å². The minimum Gasteiger partial charge on any atom is -0.436 e. The van der Waals surface area contributed by atoms with Crippen molar-refractivity contribution in [2.75, 3.05) is 11.1 Å². The molecule has 0 saturated heterocycles. The van der Waals surface area contributed by atoms with Gasteiger partial charge in [0.05, 0.1) is 11.3 Å². The summed E-state index contributed by atoms with van der Waals surface area (Å²) in [6, 6.07) is 21.9. The number of primary amides is 1. The lowest BCUT2D eigenvalue weighted by Crippen LogP contribution is -2.15. The van der Waals surface area contributed by atoms with Gasteiger partial charge in [-0.2, -0.15) is 0 Å². The Morgan fingerprint density at radius 1 is 0.966 bits per heavy atom. The van der Waals surface area contributed by atoms with Crippen LogP contribution in [0.25, 0.3) is 22.6 Å². The number of thioether (sulfide) groups is 1. The van der Waals surface area contributed by atoms with E-state index in [-0.39, 0.29) is 11.7 Å². The van der Waals surface area contributed by atoms with E-state index in [2.05, 4.69) is 10.3 Å². The molecule has 0 saturated carbocycles. The third-order valence-corrected chi connectivity index (χ3v) is 5.28. The van der Waals surface area contributed by atoms with E-state index in [1.165, 1.54) is 11.8 Å². The Kier molecular flexibility index (Phi) is 5.31. The van der Waals surface area contributed by atoms with Crippen LogP contribution in [0.2, 0.25) is 0 Å². The first-order valence-corrected chi connectivity index (χ1v) is 9.86. The first kappa shape index (κ1) is 18.8. The van der Waals surface area contributed by atoms with Gasteiger partial charge in [-0.25, -0.2) is 4.98 Å². The second kappa shape index (κ2) is 8.20. The number of nitrogens with one attached hydrogen (secondary N) is 1. The number of fused-ring (bicyclic) bond motifs is 1. The van der Waals surface area contributed by atoms with Crippen molar-refractivity contribution in [3.63, 3.8) is 0 Å². The molecule has 144 valence electrons. The van der Waals surface area contributed by atoms with E-state index in [1.807, 2.05) is 42.5 Å². The summed E-state index contributed by atoms with van der Waals surface area (Å²) in [5.41, 5.74) is 8.67. The van der Waals surface area contributed by atoms with E-state index < -0.39 is 5.91 Å². The maximum absolute atomic E-state index is 12.7.